The lowest BCUT2D eigenvalue weighted by Gasteiger charge is -2.31. The topological polar surface area (TPSA) is 94.8 Å². The van der Waals surface area contributed by atoms with Crippen molar-refractivity contribution in [2.45, 2.75) is 62.6 Å². The molecule has 0 bridgehead atoms. The molecule has 8 nitrogen and oxygen atoms in total. The lowest BCUT2D eigenvalue weighted by atomic mass is 9.92. The van der Waals surface area contributed by atoms with Crippen molar-refractivity contribution in [3.63, 3.8) is 0 Å². The van der Waals surface area contributed by atoms with E-state index in [0.29, 0.717) is 62.2 Å². The van der Waals surface area contributed by atoms with E-state index in [1.165, 1.54) is 17.5 Å². The zero-order valence-corrected chi connectivity index (χ0v) is 18.2. The maximum atomic E-state index is 13.1. The van der Waals surface area contributed by atoms with E-state index in [2.05, 4.69) is 10.1 Å². The molecule has 0 unspecified atom stereocenters. The van der Waals surface area contributed by atoms with Gasteiger partial charge in [-0.2, -0.15) is 9.29 Å². The standard InChI is InChI=1S/C21H29N3O5S/c1-27-15-21-22-20(23-29-21)10-13-28-18-8-11-24(12-9-18)30(25,26)19-7-6-16-4-2-3-5-17(16)14-19/h6-7,14,18H,2-5,8-13,15H2,1H3. The molecule has 0 radical (unpaired) electrons. The SMILES string of the molecule is COCc1nc(CCOC2CCN(S(=O)(=O)c3ccc4c(c3)CCCC4)CC2)no1. The van der Waals surface area contributed by atoms with Crippen LogP contribution >= 0.6 is 0 Å². The normalized spacial score (nSPS) is 18.4. The first kappa shape index (κ1) is 21.4. The summed E-state index contributed by atoms with van der Waals surface area (Å²) in [6, 6.07) is 5.65. The predicted molar refractivity (Wildman–Crippen MR) is 110 cm³/mol. The number of benzene rings is 1. The predicted octanol–water partition coefficient (Wildman–Crippen LogP) is 2.51. The molecular formula is C21H29N3O5S. The van der Waals surface area contributed by atoms with E-state index in [1.807, 2.05) is 12.1 Å². The summed E-state index contributed by atoms with van der Waals surface area (Å²) >= 11 is 0. The number of methoxy groups -OCH3 is 1. The van der Waals surface area contributed by atoms with Gasteiger partial charge in [-0.05, 0) is 61.8 Å². The number of piperidine rings is 1. The molecule has 0 N–H and O–H groups in total. The van der Waals surface area contributed by atoms with Gasteiger partial charge in [-0.3, -0.25) is 0 Å². The molecule has 0 saturated carbocycles. The van der Waals surface area contributed by atoms with Crippen LogP contribution in [-0.2, 0) is 45.4 Å². The molecule has 2 heterocycles. The van der Waals surface area contributed by atoms with Gasteiger partial charge in [0.25, 0.3) is 5.89 Å². The van der Waals surface area contributed by atoms with Crippen LogP contribution in [-0.4, -0.2) is 55.8 Å². The maximum Gasteiger partial charge on any atom is 0.252 e. The Balaban J connectivity index is 1.27. The molecule has 1 aromatic carbocycles. The van der Waals surface area contributed by atoms with E-state index in [9.17, 15) is 8.42 Å². The van der Waals surface area contributed by atoms with Gasteiger partial charge in [-0.1, -0.05) is 11.2 Å². The molecule has 1 aromatic heterocycles. The molecule has 0 spiro atoms. The van der Waals surface area contributed by atoms with Gasteiger partial charge in [0.1, 0.15) is 6.61 Å². The van der Waals surface area contributed by atoms with Crippen LogP contribution in [0.25, 0.3) is 0 Å². The van der Waals surface area contributed by atoms with Gasteiger partial charge in [-0.15, -0.1) is 0 Å². The zero-order valence-electron chi connectivity index (χ0n) is 17.4. The summed E-state index contributed by atoms with van der Waals surface area (Å²) in [5.74, 6) is 1.04. The summed E-state index contributed by atoms with van der Waals surface area (Å²) in [4.78, 5) is 4.64. The number of rotatable bonds is 8. The first-order valence-electron chi connectivity index (χ1n) is 10.6. The van der Waals surface area contributed by atoms with Crippen molar-refractivity contribution in [2.24, 2.45) is 0 Å². The fourth-order valence-corrected chi connectivity index (χ4v) is 5.67. The monoisotopic (exact) mass is 435 g/mol. The third-order valence-corrected chi connectivity index (χ3v) is 7.71. The summed E-state index contributed by atoms with van der Waals surface area (Å²) in [6.45, 7) is 1.73. The van der Waals surface area contributed by atoms with Crippen LogP contribution in [0.3, 0.4) is 0 Å². The van der Waals surface area contributed by atoms with Gasteiger partial charge >= 0.3 is 0 Å². The van der Waals surface area contributed by atoms with Gasteiger partial charge in [0.2, 0.25) is 10.0 Å². The molecule has 9 heteroatoms. The van der Waals surface area contributed by atoms with Crippen molar-refractivity contribution in [1.29, 1.82) is 0 Å². The number of fused-ring (bicyclic) bond motifs is 1. The molecule has 1 aliphatic carbocycles. The molecule has 1 saturated heterocycles. The van der Waals surface area contributed by atoms with E-state index in [1.54, 1.807) is 17.5 Å². The Kier molecular flexibility index (Phi) is 6.82. The van der Waals surface area contributed by atoms with Crippen LogP contribution in [0.5, 0.6) is 0 Å². The highest BCUT2D eigenvalue weighted by molar-refractivity contribution is 7.89. The zero-order chi connectivity index (χ0) is 21.0. The van der Waals surface area contributed by atoms with Crippen molar-refractivity contribution in [3.8, 4) is 0 Å². The third kappa shape index (κ3) is 4.91. The number of sulfonamides is 1. The van der Waals surface area contributed by atoms with Gasteiger partial charge in [0.05, 0.1) is 17.6 Å². The second kappa shape index (κ2) is 9.55. The quantitative estimate of drug-likeness (QED) is 0.629. The molecule has 2 aliphatic rings. The second-order valence-corrected chi connectivity index (χ2v) is 9.84. The van der Waals surface area contributed by atoms with Crippen LogP contribution < -0.4 is 0 Å². The summed E-state index contributed by atoms with van der Waals surface area (Å²) in [6.07, 6.45) is 6.32. The Morgan fingerprint density at radius 1 is 1.17 bits per heavy atom. The second-order valence-electron chi connectivity index (χ2n) is 7.90. The number of nitrogens with zero attached hydrogens (tertiary/aromatic N) is 3. The Morgan fingerprint density at radius 3 is 2.70 bits per heavy atom. The average molecular weight is 436 g/mol. The minimum atomic E-state index is -3.45. The Bertz CT molecular complexity index is 951. The van der Waals surface area contributed by atoms with Gasteiger partial charge in [-0.25, -0.2) is 8.42 Å². The molecular weight excluding hydrogens is 406 g/mol. The molecule has 1 fully saturated rings. The molecule has 0 amide bonds. The van der Waals surface area contributed by atoms with E-state index in [0.717, 1.165) is 19.3 Å². The fourth-order valence-electron chi connectivity index (χ4n) is 4.15. The molecule has 0 atom stereocenters. The maximum absolute atomic E-state index is 13.1. The Morgan fingerprint density at radius 2 is 1.93 bits per heavy atom. The summed E-state index contributed by atoms with van der Waals surface area (Å²) in [5.41, 5.74) is 2.49. The van der Waals surface area contributed by atoms with E-state index in [-0.39, 0.29) is 6.10 Å². The van der Waals surface area contributed by atoms with Crippen LogP contribution in [0.1, 0.15) is 48.5 Å². The number of hydrogen-bond acceptors (Lipinski definition) is 7. The lowest BCUT2D eigenvalue weighted by molar-refractivity contribution is 0.0222. The van der Waals surface area contributed by atoms with Crippen molar-refractivity contribution < 1.29 is 22.4 Å². The molecule has 2 aromatic rings. The van der Waals surface area contributed by atoms with Crippen LogP contribution in [0.15, 0.2) is 27.6 Å². The molecule has 164 valence electrons. The molecule has 4 rings (SSSR count). The van der Waals surface area contributed by atoms with Crippen LogP contribution in [0.2, 0.25) is 0 Å². The number of hydrogen-bond donors (Lipinski definition) is 0. The summed E-state index contributed by atoms with van der Waals surface area (Å²) < 4.78 is 43.7. The Hall–Kier alpha value is -1.81. The van der Waals surface area contributed by atoms with Crippen molar-refractivity contribution in [3.05, 3.63) is 41.0 Å². The number of ether oxygens (including phenoxy) is 2. The minimum absolute atomic E-state index is 0.0466. The largest absolute Gasteiger partial charge is 0.378 e. The lowest BCUT2D eigenvalue weighted by Crippen LogP contribution is -2.41. The molecule has 1 aliphatic heterocycles. The van der Waals surface area contributed by atoms with Crippen LogP contribution in [0, 0.1) is 0 Å². The van der Waals surface area contributed by atoms with E-state index >= 15 is 0 Å². The van der Waals surface area contributed by atoms with Crippen molar-refractivity contribution in [2.75, 3.05) is 26.8 Å². The number of aromatic nitrogens is 2. The first-order valence-corrected chi connectivity index (χ1v) is 12.0. The highest BCUT2D eigenvalue weighted by atomic mass is 32.2. The first-order chi connectivity index (χ1) is 14.6. The third-order valence-electron chi connectivity index (χ3n) is 5.82. The van der Waals surface area contributed by atoms with Gasteiger partial charge in [0.15, 0.2) is 5.82 Å². The van der Waals surface area contributed by atoms with Crippen molar-refractivity contribution in [1.82, 2.24) is 14.4 Å². The van der Waals surface area contributed by atoms with Gasteiger partial charge < -0.3 is 14.0 Å². The highest BCUT2D eigenvalue weighted by Gasteiger charge is 2.30. The molecule has 30 heavy (non-hydrogen) atoms. The summed E-state index contributed by atoms with van der Waals surface area (Å²) in [7, 11) is -1.88. The smallest absolute Gasteiger partial charge is 0.252 e. The van der Waals surface area contributed by atoms with Crippen molar-refractivity contribution >= 4 is 10.0 Å². The Labute approximate surface area is 177 Å². The highest BCUT2D eigenvalue weighted by Crippen LogP contribution is 2.27. The minimum Gasteiger partial charge on any atom is -0.378 e. The van der Waals surface area contributed by atoms with Crippen LogP contribution in [0.4, 0.5) is 0 Å². The fraction of sp³-hybridized carbons (Fsp3) is 0.619. The van der Waals surface area contributed by atoms with E-state index < -0.39 is 10.0 Å². The summed E-state index contributed by atoms with van der Waals surface area (Å²) in [5, 5.41) is 3.89. The van der Waals surface area contributed by atoms with E-state index in [4.69, 9.17) is 14.0 Å². The number of aryl methyl sites for hydroxylation is 2. The average Bonchev–Trinajstić information content (AvgIpc) is 3.21. The van der Waals surface area contributed by atoms with Gasteiger partial charge in [0, 0.05) is 26.6 Å².